The summed E-state index contributed by atoms with van der Waals surface area (Å²) < 4.78 is 9.91. The van der Waals surface area contributed by atoms with Crippen LogP contribution in [-0.2, 0) is 19.1 Å². The first kappa shape index (κ1) is 19.4. The van der Waals surface area contributed by atoms with Gasteiger partial charge in [0.1, 0.15) is 6.61 Å². The van der Waals surface area contributed by atoms with Crippen molar-refractivity contribution in [2.45, 2.75) is 24.8 Å². The number of amides is 1. The van der Waals surface area contributed by atoms with Gasteiger partial charge in [0, 0.05) is 5.92 Å². The van der Waals surface area contributed by atoms with Gasteiger partial charge in [-0.2, -0.15) is 0 Å². The van der Waals surface area contributed by atoms with E-state index in [-0.39, 0.29) is 18.9 Å². The van der Waals surface area contributed by atoms with Gasteiger partial charge in [-0.05, 0) is 22.3 Å². The zero-order valence-corrected chi connectivity index (χ0v) is 15.4. The minimum atomic E-state index is -1.13. The molecule has 0 fully saturated rings. The van der Waals surface area contributed by atoms with Gasteiger partial charge in [-0.15, -0.1) is 0 Å². The highest BCUT2D eigenvalue weighted by molar-refractivity contribution is 5.79. The molecule has 146 valence electrons. The number of rotatable bonds is 7. The summed E-state index contributed by atoms with van der Waals surface area (Å²) >= 11 is 0. The summed E-state index contributed by atoms with van der Waals surface area (Å²) in [6, 6.07) is 15.0. The summed E-state index contributed by atoms with van der Waals surface area (Å²) in [7, 11) is 1.20. The van der Waals surface area contributed by atoms with Crippen LogP contribution in [0.15, 0.2) is 48.5 Å². The first-order chi connectivity index (χ1) is 13.5. The summed E-state index contributed by atoms with van der Waals surface area (Å²) in [5, 5.41) is 11.4. The summed E-state index contributed by atoms with van der Waals surface area (Å²) in [6.07, 6.45) is -1.41. The Hall–Kier alpha value is -3.35. The lowest BCUT2D eigenvalue weighted by atomic mass is 9.98. The lowest BCUT2D eigenvalue weighted by Gasteiger charge is -2.18. The fourth-order valence-corrected chi connectivity index (χ4v) is 3.48. The fourth-order valence-electron chi connectivity index (χ4n) is 3.48. The highest BCUT2D eigenvalue weighted by Gasteiger charge is 2.29. The van der Waals surface area contributed by atoms with Crippen molar-refractivity contribution in [3.8, 4) is 11.1 Å². The summed E-state index contributed by atoms with van der Waals surface area (Å²) in [4.78, 5) is 34.6. The Morgan fingerprint density at radius 2 is 1.57 bits per heavy atom. The van der Waals surface area contributed by atoms with Crippen LogP contribution in [0.4, 0.5) is 4.79 Å². The zero-order valence-electron chi connectivity index (χ0n) is 15.4. The molecule has 0 saturated carbocycles. The topological polar surface area (TPSA) is 102 Å². The lowest BCUT2D eigenvalue weighted by Crippen LogP contribution is -2.39. The number of carbonyl (C=O) groups excluding carboxylic acids is 2. The van der Waals surface area contributed by atoms with Crippen molar-refractivity contribution in [2.75, 3.05) is 13.7 Å². The van der Waals surface area contributed by atoms with Gasteiger partial charge in [-0.25, -0.2) is 4.79 Å². The van der Waals surface area contributed by atoms with Crippen LogP contribution in [0.25, 0.3) is 11.1 Å². The molecule has 0 aliphatic heterocycles. The molecule has 7 heteroatoms. The molecule has 0 heterocycles. The molecule has 0 spiro atoms. The predicted octanol–water partition coefficient (Wildman–Crippen LogP) is 2.93. The number of benzene rings is 2. The fraction of sp³-hybridized carbons (Fsp3) is 0.286. The average molecular weight is 383 g/mol. The van der Waals surface area contributed by atoms with Gasteiger partial charge in [0.2, 0.25) is 0 Å². The summed E-state index contributed by atoms with van der Waals surface area (Å²) in [6.45, 7) is 0.109. The number of carboxylic acids is 1. The minimum absolute atomic E-state index is 0.100. The Labute approximate surface area is 162 Å². The smallest absolute Gasteiger partial charge is 0.407 e. The van der Waals surface area contributed by atoms with Crippen LogP contribution in [-0.4, -0.2) is 42.9 Å². The number of methoxy groups -OCH3 is 1. The molecule has 2 aromatic rings. The quantitative estimate of drug-likeness (QED) is 0.713. The number of ether oxygens (including phenoxy) is 2. The van der Waals surface area contributed by atoms with Gasteiger partial charge in [-0.3, -0.25) is 9.59 Å². The molecule has 28 heavy (non-hydrogen) atoms. The van der Waals surface area contributed by atoms with E-state index in [0.29, 0.717) is 0 Å². The van der Waals surface area contributed by atoms with E-state index in [2.05, 4.69) is 10.1 Å². The van der Waals surface area contributed by atoms with Gasteiger partial charge < -0.3 is 19.9 Å². The van der Waals surface area contributed by atoms with Crippen molar-refractivity contribution in [3.63, 3.8) is 0 Å². The molecule has 0 bridgehead atoms. The first-order valence-corrected chi connectivity index (χ1v) is 8.89. The summed E-state index contributed by atoms with van der Waals surface area (Å²) in [5.41, 5.74) is 4.38. The van der Waals surface area contributed by atoms with Crippen LogP contribution in [0.2, 0.25) is 0 Å². The number of fused-ring (bicyclic) bond motifs is 3. The maximum atomic E-state index is 12.2. The third-order valence-corrected chi connectivity index (χ3v) is 4.73. The van der Waals surface area contributed by atoms with E-state index in [0.717, 1.165) is 22.3 Å². The number of nitrogens with one attached hydrogen (secondary N) is 1. The Balaban J connectivity index is 1.67. The molecule has 2 N–H and O–H groups in total. The number of carbonyl (C=O) groups is 3. The van der Waals surface area contributed by atoms with Crippen molar-refractivity contribution in [1.82, 2.24) is 5.32 Å². The van der Waals surface area contributed by atoms with E-state index in [1.54, 1.807) is 0 Å². The van der Waals surface area contributed by atoms with Gasteiger partial charge in [0.15, 0.2) is 0 Å². The molecular weight excluding hydrogens is 362 g/mol. The van der Waals surface area contributed by atoms with E-state index < -0.39 is 30.5 Å². The monoisotopic (exact) mass is 383 g/mol. The van der Waals surface area contributed by atoms with Gasteiger partial charge in [-0.1, -0.05) is 48.5 Å². The number of hydrogen-bond acceptors (Lipinski definition) is 5. The van der Waals surface area contributed by atoms with E-state index in [1.165, 1.54) is 7.11 Å². The maximum Gasteiger partial charge on any atom is 0.407 e. The number of hydrogen-bond donors (Lipinski definition) is 2. The average Bonchev–Trinajstić information content (AvgIpc) is 2.99. The van der Waals surface area contributed by atoms with Crippen LogP contribution in [0.3, 0.4) is 0 Å². The second kappa shape index (κ2) is 8.56. The van der Waals surface area contributed by atoms with Crippen molar-refractivity contribution >= 4 is 18.0 Å². The van der Waals surface area contributed by atoms with Gasteiger partial charge in [0.25, 0.3) is 0 Å². The number of esters is 1. The molecule has 1 aliphatic carbocycles. The highest BCUT2D eigenvalue weighted by atomic mass is 16.5. The number of carboxylic acid groups (broad SMARTS) is 1. The molecule has 0 saturated heterocycles. The molecule has 0 unspecified atom stereocenters. The standard InChI is InChI=1S/C21H21NO6/c1-27-20(25)11-13(10-19(23)24)22-21(26)28-12-18-16-8-4-2-6-14(16)15-7-3-5-9-17(15)18/h2-9,13,18H,10-12H2,1H3,(H,22,26)(H,23,24)/t13-/m0/s1. The highest BCUT2D eigenvalue weighted by Crippen LogP contribution is 2.44. The van der Waals surface area contributed by atoms with Gasteiger partial charge >= 0.3 is 18.0 Å². The largest absolute Gasteiger partial charge is 0.481 e. The third kappa shape index (κ3) is 4.31. The normalized spacial score (nSPS) is 13.2. The Kier molecular flexibility index (Phi) is 5.93. The van der Waals surface area contributed by atoms with Crippen molar-refractivity contribution in [3.05, 3.63) is 59.7 Å². The molecule has 0 radical (unpaired) electrons. The second-order valence-corrected chi connectivity index (χ2v) is 6.54. The van der Waals surface area contributed by atoms with Crippen molar-refractivity contribution in [2.24, 2.45) is 0 Å². The van der Waals surface area contributed by atoms with E-state index in [4.69, 9.17) is 9.84 Å². The van der Waals surface area contributed by atoms with E-state index in [1.807, 2.05) is 48.5 Å². The number of alkyl carbamates (subject to hydrolysis) is 1. The molecule has 1 amide bonds. The van der Waals surface area contributed by atoms with E-state index >= 15 is 0 Å². The predicted molar refractivity (Wildman–Crippen MR) is 101 cm³/mol. The van der Waals surface area contributed by atoms with Crippen LogP contribution in [0.5, 0.6) is 0 Å². The minimum Gasteiger partial charge on any atom is -0.481 e. The molecule has 3 rings (SSSR count). The summed E-state index contributed by atoms with van der Waals surface area (Å²) in [5.74, 6) is -1.84. The molecule has 7 nitrogen and oxygen atoms in total. The Bertz CT molecular complexity index is 848. The maximum absolute atomic E-state index is 12.2. The van der Waals surface area contributed by atoms with Crippen molar-refractivity contribution in [1.29, 1.82) is 0 Å². The molecule has 1 atom stereocenters. The lowest BCUT2D eigenvalue weighted by molar-refractivity contribution is -0.142. The molecular formula is C21H21NO6. The first-order valence-electron chi connectivity index (χ1n) is 8.89. The van der Waals surface area contributed by atoms with Crippen molar-refractivity contribution < 1.29 is 29.0 Å². The Morgan fingerprint density at radius 3 is 2.11 bits per heavy atom. The SMILES string of the molecule is COC(=O)C[C@H](CC(=O)O)NC(=O)OCC1c2ccccc2-c2ccccc21. The van der Waals surface area contributed by atoms with Crippen LogP contribution in [0, 0.1) is 0 Å². The zero-order chi connectivity index (χ0) is 20.1. The Morgan fingerprint density at radius 1 is 1.00 bits per heavy atom. The van der Waals surface area contributed by atoms with E-state index in [9.17, 15) is 14.4 Å². The number of aliphatic carboxylic acids is 1. The molecule has 1 aliphatic rings. The van der Waals surface area contributed by atoms with Gasteiger partial charge in [0.05, 0.1) is 26.0 Å². The van der Waals surface area contributed by atoms with Crippen LogP contribution < -0.4 is 5.32 Å². The molecule has 0 aromatic heterocycles. The third-order valence-electron chi connectivity index (χ3n) is 4.73. The van der Waals surface area contributed by atoms with Crippen LogP contribution in [0.1, 0.15) is 29.9 Å². The van der Waals surface area contributed by atoms with Crippen LogP contribution >= 0.6 is 0 Å². The molecule has 2 aromatic carbocycles. The second-order valence-electron chi connectivity index (χ2n) is 6.54.